The van der Waals surface area contributed by atoms with Gasteiger partial charge in [0.15, 0.2) is 0 Å². The van der Waals surface area contributed by atoms with Gasteiger partial charge in [0.2, 0.25) is 11.7 Å². The maximum Gasteiger partial charge on any atom is 0.325 e. The van der Waals surface area contributed by atoms with Crippen molar-refractivity contribution in [2.45, 2.75) is 24.9 Å². The first-order valence-corrected chi connectivity index (χ1v) is 9.19. The lowest BCUT2D eigenvalue weighted by Crippen LogP contribution is -2.41. The number of thiophene rings is 1. The van der Waals surface area contributed by atoms with Gasteiger partial charge in [0.25, 0.3) is 5.91 Å². The lowest BCUT2D eigenvalue weighted by atomic mass is 9.92. The number of fused-ring (bicyclic) bond motifs is 2. The highest BCUT2D eigenvalue weighted by Gasteiger charge is 2.55. The number of amides is 3. The molecule has 8 heteroatoms. The molecule has 0 saturated carbocycles. The summed E-state index contributed by atoms with van der Waals surface area (Å²) in [5.74, 6) is 0.426. The molecule has 1 aromatic carbocycles. The molecule has 3 aromatic rings. The molecule has 1 fully saturated rings. The first-order valence-electron chi connectivity index (χ1n) is 8.25. The normalized spacial score (nSPS) is 21.5. The Balaban J connectivity index is 1.43. The highest BCUT2D eigenvalue weighted by atomic mass is 32.1. The average Bonchev–Trinajstić information content (AvgIpc) is 3.41. The second-order valence-corrected chi connectivity index (χ2v) is 7.19. The van der Waals surface area contributed by atoms with Crippen molar-refractivity contribution in [3.05, 3.63) is 58.1 Å². The summed E-state index contributed by atoms with van der Waals surface area (Å²) < 4.78 is 5.24. The quantitative estimate of drug-likeness (QED) is 0.720. The van der Waals surface area contributed by atoms with Gasteiger partial charge >= 0.3 is 6.03 Å². The van der Waals surface area contributed by atoms with E-state index >= 15 is 0 Å². The van der Waals surface area contributed by atoms with Gasteiger partial charge in [-0.3, -0.25) is 9.69 Å². The van der Waals surface area contributed by atoms with E-state index in [0.29, 0.717) is 12.2 Å². The Kier molecular flexibility index (Phi) is 3.23. The summed E-state index contributed by atoms with van der Waals surface area (Å²) in [6.07, 6.45) is 1.33. The fourth-order valence-corrected chi connectivity index (χ4v) is 4.33. The molecule has 0 radical (unpaired) electrons. The van der Waals surface area contributed by atoms with E-state index in [9.17, 15) is 9.59 Å². The molecule has 1 aliphatic carbocycles. The second-order valence-electron chi connectivity index (χ2n) is 6.41. The number of rotatable bonds is 3. The SMILES string of the molecule is O=C1N[C@@]2(CCc3ccccc32)C(=O)N1Cc1nc(-c2ccsc2)no1. The molecule has 26 heavy (non-hydrogen) atoms. The van der Waals surface area contributed by atoms with Crippen LogP contribution in [0.4, 0.5) is 4.79 Å². The lowest BCUT2D eigenvalue weighted by Gasteiger charge is -2.21. The number of imide groups is 1. The van der Waals surface area contributed by atoms with Gasteiger partial charge in [-0.2, -0.15) is 16.3 Å². The number of aromatic nitrogens is 2. The average molecular weight is 366 g/mol. The fourth-order valence-electron chi connectivity index (χ4n) is 3.70. The number of hydrogen-bond donors (Lipinski definition) is 1. The summed E-state index contributed by atoms with van der Waals surface area (Å²) in [5.41, 5.74) is 1.86. The van der Waals surface area contributed by atoms with Gasteiger partial charge < -0.3 is 9.84 Å². The van der Waals surface area contributed by atoms with Crippen LogP contribution in [0.25, 0.3) is 11.4 Å². The maximum atomic E-state index is 13.1. The summed E-state index contributed by atoms with van der Waals surface area (Å²) in [5, 5.41) is 10.6. The highest BCUT2D eigenvalue weighted by molar-refractivity contribution is 7.08. The van der Waals surface area contributed by atoms with Crippen LogP contribution in [0.1, 0.15) is 23.4 Å². The van der Waals surface area contributed by atoms with Crippen LogP contribution in [0.3, 0.4) is 0 Å². The Morgan fingerprint density at radius 1 is 1.27 bits per heavy atom. The third-order valence-electron chi connectivity index (χ3n) is 4.96. The zero-order valence-corrected chi connectivity index (χ0v) is 14.5. The Hall–Kier alpha value is -3.00. The third-order valence-corrected chi connectivity index (χ3v) is 5.65. The van der Waals surface area contributed by atoms with Crippen molar-refractivity contribution in [3.63, 3.8) is 0 Å². The minimum absolute atomic E-state index is 0.0360. The molecule has 0 unspecified atom stereocenters. The second kappa shape index (κ2) is 5.50. The van der Waals surface area contributed by atoms with E-state index in [1.54, 1.807) is 0 Å². The lowest BCUT2D eigenvalue weighted by molar-refractivity contribution is -0.132. The smallest absolute Gasteiger partial charge is 0.325 e. The zero-order valence-electron chi connectivity index (χ0n) is 13.6. The van der Waals surface area contributed by atoms with Crippen LogP contribution in [0, 0.1) is 0 Å². The van der Waals surface area contributed by atoms with Gasteiger partial charge in [-0.15, -0.1) is 0 Å². The van der Waals surface area contributed by atoms with Gasteiger partial charge in [-0.25, -0.2) is 4.79 Å². The predicted octanol–water partition coefficient (Wildman–Crippen LogP) is 2.69. The number of carbonyl (C=O) groups excluding carboxylic acids is 2. The van der Waals surface area contributed by atoms with Crippen LogP contribution in [-0.2, 0) is 23.3 Å². The number of hydrogen-bond acceptors (Lipinski definition) is 6. The van der Waals surface area contributed by atoms with Crippen molar-refractivity contribution >= 4 is 23.3 Å². The van der Waals surface area contributed by atoms with Crippen molar-refractivity contribution in [2.24, 2.45) is 0 Å². The van der Waals surface area contributed by atoms with E-state index < -0.39 is 11.6 Å². The molecule has 0 bridgehead atoms. The number of carbonyl (C=O) groups is 2. The van der Waals surface area contributed by atoms with E-state index in [4.69, 9.17) is 4.52 Å². The minimum Gasteiger partial charge on any atom is -0.337 e. The van der Waals surface area contributed by atoms with Gasteiger partial charge in [-0.05, 0) is 35.4 Å². The maximum absolute atomic E-state index is 13.1. The third kappa shape index (κ3) is 2.12. The molecule has 1 N–H and O–H groups in total. The van der Waals surface area contributed by atoms with Crippen molar-refractivity contribution in [2.75, 3.05) is 0 Å². The monoisotopic (exact) mass is 366 g/mol. The van der Waals surface area contributed by atoms with E-state index in [-0.39, 0.29) is 18.3 Å². The van der Waals surface area contributed by atoms with E-state index in [0.717, 1.165) is 28.0 Å². The fraction of sp³-hybridized carbons (Fsp3) is 0.222. The van der Waals surface area contributed by atoms with Gasteiger partial charge in [0.05, 0.1) is 0 Å². The van der Waals surface area contributed by atoms with Crippen LogP contribution in [0.15, 0.2) is 45.6 Å². The molecule has 1 atom stereocenters. The molecule has 2 aliphatic rings. The van der Waals surface area contributed by atoms with E-state index in [2.05, 4.69) is 15.5 Å². The number of benzene rings is 1. The summed E-state index contributed by atoms with van der Waals surface area (Å²) in [7, 11) is 0. The molecular formula is C18H14N4O3S. The van der Waals surface area contributed by atoms with Gasteiger partial charge in [0.1, 0.15) is 12.1 Å². The van der Waals surface area contributed by atoms with E-state index in [1.807, 2.05) is 41.1 Å². The topological polar surface area (TPSA) is 88.3 Å². The number of aryl methyl sites for hydroxylation is 1. The number of nitrogens with one attached hydrogen (secondary N) is 1. The van der Waals surface area contributed by atoms with Crippen molar-refractivity contribution in [1.82, 2.24) is 20.4 Å². The standard InChI is InChI=1S/C18H14N4O3S/c23-16-18(7-5-11-3-1-2-4-13(11)18)20-17(24)22(16)9-14-19-15(21-25-14)12-6-8-26-10-12/h1-4,6,8,10H,5,7,9H2,(H,20,24)/t18-/m1/s1. The predicted molar refractivity (Wildman–Crippen MR) is 93.1 cm³/mol. The highest BCUT2D eigenvalue weighted by Crippen LogP contribution is 2.41. The summed E-state index contributed by atoms with van der Waals surface area (Å²) in [4.78, 5) is 31.1. The van der Waals surface area contributed by atoms with Crippen LogP contribution in [-0.4, -0.2) is 27.0 Å². The van der Waals surface area contributed by atoms with Crippen molar-refractivity contribution < 1.29 is 14.1 Å². The molecule has 3 heterocycles. The molecule has 1 spiro atoms. The first-order chi connectivity index (χ1) is 12.7. The first kappa shape index (κ1) is 15.3. The molecule has 130 valence electrons. The van der Waals surface area contributed by atoms with E-state index in [1.165, 1.54) is 11.3 Å². The summed E-state index contributed by atoms with van der Waals surface area (Å²) >= 11 is 1.53. The zero-order chi connectivity index (χ0) is 17.7. The van der Waals surface area contributed by atoms with Crippen LogP contribution < -0.4 is 5.32 Å². The van der Waals surface area contributed by atoms with Crippen LogP contribution in [0.2, 0.25) is 0 Å². The molecule has 3 amide bonds. The molecule has 1 saturated heterocycles. The molecule has 7 nitrogen and oxygen atoms in total. The van der Waals surface area contributed by atoms with Gasteiger partial charge in [0, 0.05) is 10.9 Å². The Bertz CT molecular complexity index is 1010. The Morgan fingerprint density at radius 2 is 2.15 bits per heavy atom. The molecule has 2 aromatic heterocycles. The summed E-state index contributed by atoms with van der Waals surface area (Å²) in [6.45, 7) is -0.0360. The molecule has 5 rings (SSSR count). The molecular weight excluding hydrogens is 352 g/mol. The van der Waals surface area contributed by atoms with Crippen LogP contribution >= 0.6 is 11.3 Å². The number of urea groups is 1. The van der Waals surface area contributed by atoms with Crippen LogP contribution in [0.5, 0.6) is 0 Å². The van der Waals surface area contributed by atoms with Gasteiger partial charge in [-0.1, -0.05) is 29.4 Å². The Labute approximate surface area is 152 Å². The summed E-state index contributed by atoms with van der Waals surface area (Å²) in [6, 6.07) is 9.20. The number of nitrogens with zero attached hydrogens (tertiary/aromatic N) is 3. The van der Waals surface area contributed by atoms with Crippen molar-refractivity contribution in [1.29, 1.82) is 0 Å². The Morgan fingerprint density at radius 3 is 3.00 bits per heavy atom. The largest absolute Gasteiger partial charge is 0.337 e. The minimum atomic E-state index is -0.968. The molecule has 1 aliphatic heterocycles. The van der Waals surface area contributed by atoms with Crippen molar-refractivity contribution in [3.8, 4) is 11.4 Å².